The van der Waals surface area contributed by atoms with Crippen LogP contribution >= 0.6 is 0 Å². The minimum Gasteiger partial charge on any atom is -0.391 e. The van der Waals surface area contributed by atoms with Gasteiger partial charge in [0.25, 0.3) is 0 Å². The lowest BCUT2D eigenvalue weighted by atomic mass is 9.87. The quantitative estimate of drug-likeness (QED) is 0.744. The van der Waals surface area contributed by atoms with E-state index in [4.69, 9.17) is 0 Å². The van der Waals surface area contributed by atoms with E-state index in [2.05, 4.69) is 5.32 Å². The van der Waals surface area contributed by atoms with Gasteiger partial charge in [-0.05, 0) is 37.5 Å². The fourth-order valence-corrected chi connectivity index (χ4v) is 3.05. The Balaban J connectivity index is 1.61. The first-order chi connectivity index (χ1) is 10.1. The molecule has 0 radical (unpaired) electrons. The highest BCUT2D eigenvalue weighted by molar-refractivity contribution is 5.84. The van der Waals surface area contributed by atoms with E-state index < -0.39 is 6.10 Å². The Hall–Kier alpha value is -1.10. The van der Waals surface area contributed by atoms with E-state index >= 15 is 0 Å². The number of likely N-dealkylation sites (N-methyl/N-ethyl adjacent to an activating group) is 1. The van der Waals surface area contributed by atoms with Gasteiger partial charge in [-0.2, -0.15) is 0 Å². The number of carbonyl (C=O) groups excluding carboxylic acids is 2. The summed E-state index contributed by atoms with van der Waals surface area (Å²) in [5.74, 6) is 0.697. The van der Waals surface area contributed by atoms with Gasteiger partial charge in [0.15, 0.2) is 0 Å². The predicted molar refractivity (Wildman–Crippen MR) is 80.6 cm³/mol. The molecule has 2 aliphatic rings. The standard InChI is InChI=1S/C16H28N2O3/c1-18(11-14(19)13-7-8-13)16(21)10-17-15(20)9-12-5-3-2-4-6-12/h12-14,19H,2-11H2,1H3,(H,17,20). The third kappa shape index (κ3) is 5.65. The van der Waals surface area contributed by atoms with Gasteiger partial charge in [0, 0.05) is 20.0 Å². The van der Waals surface area contributed by atoms with Gasteiger partial charge >= 0.3 is 0 Å². The molecule has 0 heterocycles. The van der Waals surface area contributed by atoms with Crippen molar-refractivity contribution in [1.29, 1.82) is 0 Å². The van der Waals surface area contributed by atoms with Crippen molar-refractivity contribution < 1.29 is 14.7 Å². The van der Waals surface area contributed by atoms with Gasteiger partial charge in [0.05, 0.1) is 12.6 Å². The Morgan fingerprint density at radius 3 is 2.48 bits per heavy atom. The second-order valence-corrected chi connectivity index (χ2v) is 6.66. The van der Waals surface area contributed by atoms with Crippen LogP contribution in [0, 0.1) is 11.8 Å². The molecule has 21 heavy (non-hydrogen) atoms. The van der Waals surface area contributed by atoms with Crippen LogP contribution in [-0.2, 0) is 9.59 Å². The normalized spacial score (nSPS) is 20.9. The summed E-state index contributed by atoms with van der Waals surface area (Å²) in [4.78, 5) is 25.3. The fraction of sp³-hybridized carbons (Fsp3) is 0.875. The number of amides is 2. The maximum atomic E-state index is 11.9. The van der Waals surface area contributed by atoms with Crippen LogP contribution in [0.25, 0.3) is 0 Å². The van der Waals surface area contributed by atoms with Gasteiger partial charge in [-0.3, -0.25) is 9.59 Å². The van der Waals surface area contributed by atoms with Crippen LogP contribution in [0.15, 0.2) is 0 Å². The summed E-state index contributed by atoms with van der Waals surface area (Å²) in [7, 11) is 1.68. The summed E-state index contributed by atoms with van der Waals surface area (Å²) in [6.45, 7) is 0.404. The molecule has 0 saturated heterocycles. The first-order valence-electron chi connectivity index (χ1n) is 8.25. The molecule has 2 N–H and O–H groups in total. The van der Waals surface area contributed by atoms with Crippen molar-refractivity contribution in [3.05, 3.63) is 0 Å². The van der Waals surface area contributed by atoms with Gasteiger partial charge < -0.3 is 15.3 Å². The van der Waals surface area contributed by atoms with Crippen molar-refractivity contribution >= 4 is 11.8 Å². The van der Waals surface area contributed by atoms with Crippen LogP contribution in [0.5, 0.6) is 0 Å². The molecule has 0 aliphatic heterocycles. The van der Waals surface area contributed by atoms with Crippen molar-refractivity contribution in [1.82, 2.24) is 10.2 Å². The SMILES string of the molecule is CN(CC(O)C1CC1)C(=O)CNC(=O)CC1CCCCC1. The minimum atomic E-state index is -0.420. The van der Waals surface area contributed by atoms with E-state index in [0.717, 1.165) is 25.7 Å². The Kier molecular flexibility index (Phi) is 6.03. The first-order valence-corrected chi connectivity index (χ1v) is 8.25. The minimum absolute atomic E-state index is 0.0219. The molecule has 2 fully saturated rings. The Morgan fingerprint density at radius 1 is 1.19 bits per heavy atom. The Morgan fingerprint density at radius 2 is 1.86 bits per heavy atom. The monoisotopic (exact) mass is 296 g/mol. The second-order valence-electron chi connectivity index (χ2n) is 6.66. The molecule has 2 aliphatic carbocycles. The number of carbonyl (C=O) groups is 2. The molecule has 0 bridgehead atoms. The summed E-state index contributed by atoms with van der Waals surface area (Å²) in [6, 6.07) is 0. The highest BCUT2D eigenvalue weighted by Gasteiger charge is 2.31. The van der Waals surface area contributed by atoms with Crippen molar-refractivity contribution in [2.24, 2.45) is 11.8 Å². The topological polar surface area (TPSA) is 69.6 Å². The summed E-state index contributed by atoms with van der Waals surface area (Å²) in [5.41, 5.74) is 0. The average Bonchev–Trinajstić information content (AvgIpc) is 3.30. The number of hydrogen-bond donors (Lipinski definition) is 2. The summed E-state index contributed by atoms with van der Waals surface area (Å²) < 4.78 is 0. The van der Waals surface area contributed by atoms with Gasteiger partial charge in [-0.15, -0.1) is 0 Å². The van der Waals surface area contributed by atoms with Crippen molar-refractivity contribution in [3.8, 4) is 0 Å². The van der Waals surface area contributed by atoms with Gasteiger partial charge in [-0.1, -0.05) is 19.3 Å². The van der Waals surface area contributed by atoms with E-state index in [1.165, 1.54) is 24.2 Å². The van der Waals surface area contributed by atoms with E-state index in [1.54, 1.807) is 7.05 Å². The molecule has 5 nitrogen and oxygen atoms in total. The largest absolute Gasteiger partial charge is 0.391 e. The molecule has 0 aromatic carbocycles. The molecular weight excluding hydrogens is 268 g/mol. The molecule has 1 atom stereocenters. The Bertz CT molecular complexity index is 363. The third-order valence-electron chi connectivity index (χ3n) is 4.69. The number of hydrogen-bond acceptors (Lipinski definition) is 3. The van der Waals surface area contributed by atoms with Crippen LogP contribution in [0.4, 0.5) is 0 Å². The smallest absolute Gasteiger partial charge is 0.241 e. The fourth-order valence-electron chi connectivity index (χ4n) is 3.05. The molecule has 0 spiro atoms. The molecular formula is C16H28N2O3. The van der Waals surface area contributed by atoms with E-state index in [1.807, 2.05) is 0 Å². The number of aliphatic hydroxyl groups is 1. The molecule has 120 valence electrons. The lowest BCUT2D eigenvalue weighted by molar-refractivity contribution is -0.133. The van der Waals surface area contributed by atoms with Crippen LogP contribution in [-0.4, -0.2) is 48.1 Å². The molecule has 5 heteroatoms. The summed E-state index contributed by atoms with van der Waals surface area (Å²) in [6.07, 6.45) is 8.23. The highest BCUT2D eigenvalue weighted by Crippen LogP contribution is 2.32. The first kappa shape index (κ1) is 16.3. The summed E-state index contributed by atoms with van der Waals surface area (Å²) >= 11 is 0. The molecule has 1 unspecified atom stereocenters. The number of nitrogens with zero attached hydrogens (tertiary/aromatic N) is 1. The third-order valence-corrected chi connectivity index (χ3v) is 4.69. The average molecular weight is 296 g/mol. The van der Waals surface area contributed by atoms with Gasteiger partial charge in [0.2, 0.25) is 11.8 Å². The molecule has 2 amide bonds. The zero-order valence-corrected chi connectivity index (χ0v) is 13.0. The Labute approximate surface area is 127 Å². The van der Waals surface area contributed by atoms with Crippen LogP contribution < -0.4 is 5.32 Å². The van der Waals surface area contributed by atoms with Crippen LogP contribution in [0.2, 0.25) is 0 Å². The lowest BCUT2D eigenvalue weighted by Crippen LogP contribution is -2.42. The molecule has 0 aromatic heterocycles. The van der Waals surface area contributed by atoms with Crippen LogP contribution in [0.3, 0.4) is 0 Å². The van der Waals surface area contributed by atoms with Gasteiger partial charge in [-0.25, -0.2) is 0 Å². The molecule has 0 aromatic rings. The number of rotatable bonds is 7. The second kappa shape index (κ2) is 7.78. The van der Waals surface area contributed by atoms with Crippen molar-refractivity contribution in [2.45, 2.75) is 57.5 Å². The van der Waals surface area contributed by atoms with Crippen molar-refractivity contribution in [3.63, 3.8) is 0 Å². The zero-order valence-electron chi connectivity index (χ0n) is 13.0. The van der Waals surface area contributed by atoms with E-state index in [9.17, 15) is 14.7 Å². The molecule has 2 rings (SSSR count). The predicted octanol–water partition coefficient (Wildman–Crippen LogP) is 1.30. The maximum absolute atomic E-state index is 11.9. The highest BCUT2D eigenvalue weighted by atomic mass is 16.3. The summed E-state index contributed by atoms with van der Waals surface area (Å²) in [5, 5.41) is 12.5. The maximum Gasteiger partial charge on any atom is 0.241 e. The molecule has 2 saturated carbocycles. The number of aliphatic hydroxyl groups excluding tert-OH is 1. The lowest BCUT2D eigenvalue weighted by Gasteiger charge is -2.22. The zero-order chi connectivity index (χ0) is 15.2. The van der Waals surface area contributed by atoms with Crippen molar-refractivity contribution in [2.75, 3.05) is 20.1 Å². The van der Waals surface area contributed by atoms with Gasteiger partial charge in [0.1, 0.15) is 0 Å². The van der Waals surface area contributed by atoms with E-state index in [-0.39, 0.29) is 18.4 Å². The van der Waals surface area contributed by atoms with Crippen LogP contribution in [0.1, 0.15) is 51.4 Å². The number of nitrogens with one attached hydrogen (secondary N) is 1. The van der Waals surface area contributed by atoms with E-state index in [0.29, 0.717) is 24.8 Å².